The lowest BCUT2D eigenvalue weighted by Crippen LogP contribution is -2.33. The molecule has 1 N–H and O–H groups in total. The van der Waals surface area contributed by atoms with Crippen molar-refractivity contribution in [1.29, 1.82) is 0 Å². The van der Waals surface area contributed by atoms with Crippen LogP contribution in [0.4, 0.5) is 17.6 Å². The Morgan fingerprint density at radius 1 is 1.33 bits per heavy atom. The van der Waals surface area contributed by atoms with Crippen molar-refractivity contribution in [3.63, 3.8) is 0 Å². The molecule has 2 nitrogen and oxygen atoms in total. The number of hydrogen-bond donors (Lipinski definition) is 1. The van der Waals surface area contributed by atoms with E-state index < -0.39 is 23.5 Å². The molecule has 2 rings (SSSR count). The average Bonchev–Trinajstić information content (AvgIpc) is 2.67. The Morgan fingerprint density at radius 2 is 2.00 bits per heavy atom. The lowest BCUT2D eigenvalue weighted by atomic mass is 9.92. The maximum Gasteiger partial charge on any atom is 0.419 e. The van der Waals surface area contributed by atoms with Gasteiger partial charge in [0.25, 0.3) is 5.91 Å². The van der Waals surface area contributed by atoms with E-state index in [9.17, 15) is 22.4 Å². The van der Waals surface area contributed by atoms with Crippen LogP contribution >= 0.6 is 0 Å². The largest absolute Gasteiger partial charge is 0.419 e. The van der Waals surface area contributed by atoms with Gasteiger partial charge in [-0.25, -0.2) is 4.39 Å². The number of hydrogen-bond acceptors (Lipinski definition) is 1. The predicted octanol–water partition coefficient (Wildman–Crippen LogP) is 4.15. The highest BCUT2D eigenvalue weighted by molar-refractivity contribution is 5.94. The number of carbonyl (C=O) groups excluding carboxylic acids is 1. The first-order chi connectivity index (χ1) is 9.58. The van der Waals surface area contributed by atoms with E-state index in [-0.39, 0.29) is 17.0 Å². The fraction of sp³-hybridized carbons (Fsp3) is 0.533. The molecule has 0 bridgehead atoms. The van der Waals surface area contributed by atoms with E-state index >= 15 is 0 Å². The highest BCUT2D eigenvalue weighted by Crippen LogP contribution is 2.37. The summed E-state index contributed by atoms with van der Waals surface area (Å²) in [6.45, 7) is 4.16. The number of carbonyl (C=O) groups is 1. The molecule has 116 valence electrons. The summed E-state index contributed by atoms with van der Waals surface area (Å²) < 4.78 is 51.1. The molecule has 1 atom stereocenters. The Kier molecular flexibility index (Phi) is 4.00. The van der Waals surface area contributed by atoms with Gasteiger partial charge in [-0.05, 0) is 42.9 Å². The summed E-state index contributed by atoms with van der Waals surface area (Å²) in [7, 11) is 0. The van der Waals surface area contributed by atoms with E-state index in [0.717, 1.165) is 25.3 Å². The van der Waals surface area contributed by atoms with Gasteiger partial charge in [-0.1, -0.05) is 13.8 Å². The van der Waals surface area contributed by atoms with Crippen LogP contribution in [0.2, 0.25) is 0 Å². The zero-order valence-corrected chi connectivity index (χ0v) is 11.9. The monoisotopic (exact) mass is 303 g/mol. The first-order valence-corrected chi connectivity index (χ1v) is 6.76. The molecule has 0 radical (unpaired) electrons. The summed E-state index contributed by atoms with van der Waals surface area (Å²) in [6, 6.07) is 2.26. The minimum Gasteiger partial charge on any atom is -0.349 e. The number of benzene rings is 1. The Hall–Kier alpha value is -1.59. The molecule has 1 aliphatic carbocycles. The lowest BCUT2D eigenvalue weighted by Gasteiger charge is -2.18. The van der Waals surface area contributed by atoms with Gasteiger partial charge in [-0.3, -0.25) is 4.79 Å². The Morgan fingerprint density at radius 3 is 2.52 bits per heavy atom. The van der Waals surface area contributed by atoms with Crippen LogP contribution in [0.25, 0.3) is 0 Å². The molecule has 1 amide bonds. The Bertz CT molecular complexity index is 551. The molecule has 0 saturated heterocycles. The van der Waals surface area contributed by atoms with Crippen molar-refractivity contribution >= 4 is 5.91 Å². The van der Waals surface area contributed by atoms with Crippen molar-refractivity contribution in [2.75, 3.05) is 0 Å². The number of alkyl halides is 3. The summed E-state index contributed by atoms with van der Waals surface area (Å²) in [4.78, 5) is 12.0. The molecule has 0 spiro atoms. The van der Waals surface area contributed by atoms with Crippen LogP contribution < -0.4 is 5.32 Å². The smallest absolute Gasteiger partial charge is 0.349 e. The Labute approximate surface area is 120 Å². The number of nitrogens with one attached hydrogen (secondary N) is 1. The van der Waals surface area contributed by atoms with Crippen LogP contribution in [-0.2, 0) is 6.18 Å². The fourth-order valence-electron chi connectivity index (χ4n) is 2.71. The SMILES string of the molecule is CC1(C)CCC(NC(=O)c2ccc(F)c(C(F)(F)F)c2)C1. The number of amides is 1. The molecule has 1 aromatic rings. The molecule has 0 aromatic heterocycles. The van der Waals surface area contributed by atoms with Crippen molar-refractivity contribution in [1.82, 2.24) is 5.32 Å². The van der Waals surface area contributed by atoms with Gasteiger partial charge in [-0.15, -0.1) is 0 Å². The van der Waals surface area contributed by atoms with Crippen LogP contribution in [0.3, 0.4) is 0 Å². The summed E-state index contributed by atoms with van der Waals surface area (Å²) in [5.41, 5.74) is -1.46. The van der Waals surface area contributed by atoms with Gasteiger partial charge in [0.15, 0.2) is 0 Å². The van der Waals surface area contributed by atoms with E-state index in [1.54, 1.807) is 0 Å². The molecule has 0 heterocycles. The first-order valence-electron chi connectivity index (χ1n) is 6.76. The fourth-order valence-corrected chi connectivity index (χ4v) is 2.71. The van der Waals surface area contributed by atoms with Crippen molar-refractivity contribution in [3.05, 3.63) is 35.1 Å². The molecule has 6 heteroatoms. The first kappa shape index (κ1) is 15.8. The van der Waals surface area contributed by atoms with Crippen molar-refractivity contribution in [2.24, 2.45) is 5.41 Å². The zero-order valence-electron chi connectivity index (χ0n) is 11.9. The summed E-state index contributed by atoms with van der Waals surface area (Å²) in [5.74, 6) is -1.97. The summed E-state index contributed by atoms with van der Waals surface area (Å²) in [6.07, 6.45) is -2.27. The second-order valence-electron chi connectivity index (χ2n) is 6.27. The van der Waals surface area contributed by atoms with Gasteiger partial charge in [0.1, 0.15) is 5.82 Å². The van der Waals surface area contributed by atoms with E-state index in [0.29, 0.717) is 12.1 Å². The number of rotatable bonds is 2. The third kappa shape index (κ3) is 3.74. The topological polar surface area (TPSA) is 29.1 Å². The maximum atomic E-state index is 13.2. The predicted molar refractivity (Wildman–Crippen MR) is 70.3 cm³/mol. The van der Waals surface area contributed by atoms with E-state index in [4.69, 9.17) is 0 Å². The van der Waals surface area contributed by atoms with Crippen molar-refractivity contribution in [2.45, 2.75) is 45.3 Å². The average molecular weight is 303 g/mol. The van der Waals surface area contributed by atoms with Crippen LogP contribution in [0.1, 0.15) is 49.0 Å². The third-order valence-electron chi connectivity index (χ3n) is 3.84. The normalized spacial score (nSPS) is 21.3. The Balaban J connectivity index is 2.13. The molecular weight excluding hydrogens is 286 g/mol. The summed E-state index contributed by atoms with van der Waals surface area (Å²) >= 11 is 0. The zero-order chi connectivity index (χ0) is 15.8. The second-order valence-corrected chi connectivity index (χ2v) is 6.27. The lowest BCUT2D eigenvalue weighted by molar-refractivity contribution is -0.140. The van der Waals surface area contributed by atoms with Gasteiger partial charge in [0.05, 0.1) is 5.56 Å². The number of halogens is 4. The van der Waals surface area contributed by atoms with Crippen LogP contribution in [0.5, 0.6) is 0 Å². The molecule has 21 heavy (non-hydrogen) atoms. The van der Waals surface area contributed by atoms with E-state index in [1.165, 1.54) is 0 Å². The molecular formula is C15H17F4NO. The van der Waals surface area contributed by atoms with Gasteiger partial charge in [-0.2, -0.15) is 13.2 Å². The molecule has 1 aromatic carbocycles. The van der Waals surface area contributed by atoms with Crippen LogP contribution in [0, 0.1) is 11.2 Å². The standard InChI is InChI=1S/C15H17F4NO/c1-14(2)6-5-10(8-14)20-13(21)9-3-4-12(16)11(7-9)15(17,18)19/h3-4,7,10H,5-6,8H2,1-2H3,(H,20,21). The maximum absolute atomic E-state index is 13.2. The molecule has 1 aliphatic rings. The highest BCUT2D eigenvalue weighted by atomic mass is 19.4. The van der Waals surface area contributed by atoms with Gasteiger partial charge < -0.3 is 5.32 Å². The molecule has 0 aliphatic heterocycles. The molecule has 1 fully saturated rings. The van der Waals surface area contributed by atoms with Crippen molar-refractivity contribution < 1.29 is 22.4 Å². The quantitative estimate of drug-likeness (QED) is 0.817. The van der Waals surface area contributed by atoms with Crippen LogP contribution in [0.15, 0.2) is 18.2 Å². The van der Waals surface area contributed by atoms with E-state index in [2.05, 4.69) is 19.2 Å². The van der Waals surface area contributed by atoms with Gasteiger partial charge in [0, 0.05) is 11.6 Å². The molecule has 1 saturated carbocycles. The molecule has 1 unspecified atom stereocenters. The van der Waals surface area contributed by atoms with Crippen LogP contribution in [-0.4, -0.2) is 11.9 Å². The summed E-state index contributed by atoms with van der Waals surface area (Å²) in [5, 5.41) is 2.72. The third-order valence-corrected chi connectivity index (χ3v) is 3.84. The van der Waals surface area contributed by atoms with Gasteiger partial charge in [0.2, 0.25) is 0 Å². The minimum atomic E-state index is -4.81. The second kappa shape index (κ2) is 5.31. The van der Waals surface area contributed by atoms with Gasteiger partial charge >= 0.3 is 6.18 Å². The highest BCUT2D eigenvalue weighted by Gasteiger charge is 2.35. The van der Waals surface area contributed by atoms with E-state index in [1.807, 2.05) is 0 Å². The van der Waals surface area contributed by atoms with Crippen molar-refractivity contribution in [3.8, 4) is 0 Å². The minimum absolute atomic E-state index is 0.0492.